The summed E-state index contributed by atoms with van der Waals surface area (Å²) in [7, 11) is 0. The number of fused-ring (bicyclic) bond motifs is 1. The third kappa shape index (κ3) is 3.08. The summed E-state index contributed by atoms with van der Waals surface area (Å²) in [4.78, 5) is 1.60. The first kappa shape index (κ1) is 14.1. The van der Waals surface area contributed by atoms with Crippen molar-refractivity contribution >= 4 is 27.3 Å². The van der Waals surface area contributed by atoms with E-state index in [0.717, 1.165) is 17.9 Å². The van der Waals surface area contributed by atoms with Gasteiger partial charge in [0.05, 0.1) is 3.79 Å². The molecule has 106 valence electrons. The summed E-state index contributed by atoms with van der Waals surface area (Å²) in [6.07, 6.45) is 8.06. The van der Waals surface area contributed by atoms with Gasteiger partial charge in [0.25, 0.3) is 0 Å². The van der Waals surface area contributed by atoms with Crippen LogP contribution in [0, 0.1) is 11.8 Å². The maximum atomic E-state index is 3.96. The summed E-state index contributed by atoms with van der Waals surface area (Å²) in [5.41, 5.74) is 1.58. The van der Waals surface area contributed by atoms with Crippen molar-refractivity contribution in [3.63, 3.8) is 0 Å². The average molecular weight is 342 g/mol. The number of aryl methyl sites for hydroxylation is 1. The summed E-state index contributed by atoms with van der Waals surface area (Å²) < 4.78 is 1.30. The van der Waals surface area contributed by atoms with Gasteiger partial charge in [-0.05, 0) is 77.9 Å². The monoisotopic (exact) mass is 341 g/mol. The van der Waals surface area contributed by atoms with Crippen LogP contribution in [-0.2, 0) is 6.42 Å². The van der Waals surface area contributed by atoms with Crippen molar-refractivity contribution in [2.24, 2.45) is 11.8 Å². The van der Waals surface area contributed by atoms with Gasteiger partial charge in [0.2, 0.25) is 0 Å². The molecule has 4 atom stereocenters. The third-order valence-corrected chi connectivity index (χ3v) is 6.83. The molecule has 0 radical (unpaired) electrons. The van der Waals surface area contributed by atoms with E-state index < -0.39 is 0 Å². The van der Waals surface area contributed by atoms with Crippen LogP contribution in [0.15, 0.2) is 9.85 Å². The second kappa shape index (κ2) is 5.87. The Hall–Kier alpha value is 0.140. The van der Waals surface area contributed by atoms with Gasteiger partial charge < -0.3 is 5.32 Å². The first-order valence-corrected chi connectivity index (χ1v) is 9.28. The quantitative estimate of drug-likeness (QED) is 0.769. The number of hydrogen-bond acceptors (Lipinski definition) is 2. The zero-order valence-corrected chi connectivity index (χ0v) is 14.3. The predicted molar refractivity (Wildman–Crippen MR) is 86.8 cm³/mol. The number of halogens is 1. The lowest BCUT2D eigenvalue weighted by molar-refractivity contribution is 0.211. The Morgan fingerprint density at radius 3 is 2.84 bits per heavy atom. The highest BCUT2D eigenvalue weighted by atomic mass is 79.9. The molecule has 2 aliphatic rings. The van der Waals surface area contributed by atoms with Gasteiger partial charge >= 0.3 is 0 Å². The van der Waals surface area contributed by atoms with Crippen molar-refractivity contribution in [3.05, 3.63) is 20.3 Å². The maximum absolute atomic E-state index is 3.96. The van der Waals surface area contributed by atoms with Gasteiger partial charge in [0.15, 0.2) is 0 Å². The van der Waals surface area contributed by atoms with Crippen molar-refractivity contribution in [1.82, 2.24) is 5.32 Å². The minimum Gasteiger partial charge on any atom is -0.307 e. The molecule has 0 aliphatic heterocycles. The van der Waals surface area contributed by atoms with Crippen LogP contribution in [0.1, 0.15) is 62.4 Å². The fraction of sp³-hybridized carbons (Fsp3) is 0.750. The summed E-state index contributed by atoms with van der Waals surface area (Å²) >= 11 is 5.59. The standard InChI is InChI=1S/C16H24BrNS/c1-10-6-7-12(8-11(10)2)18-14-4-3-5-15-13(14)9-16(17)19-15/h9-12,14,18H,3-8H2,1-2H3. The molecule has 1 N–H and O–H groups in total. The van der Waals surface area contributed by atoms with Gasteiger partial charge in [0.1, 0.15) is 0 Å². The van der Waals surface area contributed by atoms with E-state index in [4.69, 9.17) is 0 Å². The Labute approximate surface area is 129 Å². The van der Waals surface area contributed by atoms with E-state index in [1.54, 1.807) is 10.4 Å². The molecule has 1 saturated carbocycles. The molecular weight excluding hydrogens is 318 g/mol. The molecule has 0 bridgehead atoms. The van der Waals surface area contributed by atoms with Crippen molar-refractivity contribution in [3.8, 4) is 0 Å². The lowest BCUT2D eigenvalue weighted by atomic mass is 9.78. The van der Waals surface area contributed by atoms with Crippen LogP contribution >= 0.6 is 27.3 Å². The van der Waals surface area contributed by atoms with Crippen LogP contribution in [0.2, 0.25) is 0 Å². The zero-order chi connectivity index (χ0) is 13.4. The SMILES string of the molecule is CC1CCC(NC2CCCc3sc(Br)cc32)CC1C. The smallest absolute Gasteiger partial charge is 0.0704 e. The van der Waals surface area contributed by atoms with E-state index >= 15 is 0 Å². The summed E-state index contributed by atoms with van der Waals surface area (Å²) in [5, 5.41) is 3.96. The van der Waals surface area contributed by atoms with Crippen molar-refractivity contribution in [2.45, 2.75) is 64.5 Å². The Morgan fingerprint density at radius 1 is 1.21 bits per heavy atom. The van der Waals surface area contributed by atoms with E-state index in [1.807, 2.05) is 11.3 Å². The van der Waals surface area contributed by atoms with E-state index in [0.29, 0.717) is 6.04 Å². The molecule has 0 amide bonds. The first-order valence-electron chi connectivity index (χ1n) is 7.67. The third-order valence-electron chi connectivity index (χ3n) is 5.12. The Balaban J connectivity index is 1.68. The molecule has 0 spiro atoms. The molecule has 1 nitrogen and oxygen atoms in total. The minimum absolute atomic E-state index is 0.608. The highest BCUT2D eigenvalue weighted by Crippen LogP contribution is 2.39. The second-order valence-corrected chi connectivity index (χ2v) is 9.02. The maximum Gasteiger partial charge on any atom is 0.0704 e. The number of rotatable bonds is 2. The van der Waals surface area contributed by atoms with Gasteiger partial charge in [-0.2, -0.15) is 0 Å². The van der Waals surface area contributed by atoms with Gasteiger partial charge in [0, 0.05) is 17.0 Å². The topological polar surface area (TPSA) is 12.0 Å². The van der Waals surface area contributed by atoms with Crippen LogP contribution in [0.5, 0.6) is 0 Å². The molecule has 2 aliphatic carbocycles. The van der Waals surface area contributed by atoms with Crippen molar-refractivity contribution in [2.75, 3.05) is 0 Å². The van der Waals surface area contributed by atoms with Gasteiger partial charge in [-0.25, -0.2) is 0 Å². The fourth-order valence-corrected chi connectivity index (χ4v) is 5.50. The van der Waals surface area contributed by atoms with Gasteiger partial charge in [-0.1, -0.05) is 13.8 Å². The van der Waals surface area contributed by atoms with Crippen LogP contribution in [-0.4, -0.2) is 6.04 Å². The largest absolute Gasteiger partial charge is 0.307 e. The van der Waals surface area contributed by atoms with Crippen LogP contribution in [0.25, 0.3) is 0 Å². The Kier molecular flexibility index (Phi) is 4.35. The molecule has 1 aromatic heterocycles. The van der Waals surface area contributed by atoms with Crippen LogP contribution in [0.4, 0.5) is 0 Å². The molecule has 1 heterocycles. The lowest BCUT2D eigenvalue weighted by Gasteiger charge is -2.36. The van der Waals surface area contributed by atoms with Crippen molar-refractivity contribution in [1.29, 1.82) is 0 Å². The number of hydrogen-bond donors (Lipinski definition) is 1. The molecule has 0 aromatic carbocycles. The van der Waals surface area contributed by atoms with Crippen LogP contribution in [0.3, 0.4) is 0 Å². The highest BCUT2D eigenvalue weighted by Gasteiger charge is 2.29. The van der Waals surface area contributed by atoms with E-state index in [-0.39, 0.29) is 0 Å². The fourth-order valence-electron chi connectivity index (χ4n) is 3.68. The molecule has 3 rings (SSSR count). The second-order valence-electron chi connectivity index (χ2n) is 6.51. The normalized spacial score (nSPS) is 35.1. The Bertz CT molecular complexity index is 442. The number of thiophene rings is 1. The minimum atomic E-state index is 0.608. The van der Waals surface area contributed by atoms with E-state index in [2.05, 4.69) is 41.2 Å². The lowest BCUT2D eigenvalue weighted by Crippen LogP contribution is -2.39. The van der Waals surface area contributed by atoms with E-state index in [1.165, 1.54) is 42.3 Å². The predicted octanol–water partition coefficient (Wildman–Crippen LogP) is 5.30. The first-order chi connectivity index (χ1) is 9.13. The molecule has 1 fully saturated rings. The van der Waals surface area contributed by atoms with Gasteiger partial charge in [-0.15, -0.1) is 11.3 Å². The highest BCUT2D eigenvalue weighted by molar-refractivity contribution is 9.11. The molecule has 3 heteroatoms. The van der Waals surface area contributed by atoms with Crippen molar-refractivity contribution < 1.29 is 0 Å². The molecule has 4 unspecified atom stereocenters. The molecule has 0 saturated heterocycles. The average Bonchev–Trinajstić information content (AvgIpc) is 2.75. The summed E-state index contributed by atoms with van der Waals surface area (Å²) in [5.74, 6) is 1.79. The molecule has 1 aromatic rings. The summed E-state index contributed by atoms with van der Waals surface area (Å²) in [6.45, 7) is 4.83. The molecule has 19 heavy (non-hydrogen) atoms. The number of nitrogens with one attached hydrogen (secondary N) is 1. The van der Waals surface area contributed by atoms with Crippen LogP contribution < -0.4 is 5.32 Å². The van der Waals surface area contributed by atoms with Gasteiger partial charge in [-0.3, -0.25) is 0 Å². The Morgan fingerprint density at radius 2 is 2.05 bits per heavy atom. The van der Waals surface area contributed by atoms with E-state index in [9.17, 15) is 0 Å². The zero-order valence-electron chi connectivity index (χ0n) is 11.9. The molecular formula is C16H24BrNS. The summed E-state index contributed by atoms with van der Waals surface area (Å²) in [6, 6.07) is 3.70.